The van der Waals surface area contributed by atoms with Crippen LogP contribution in [0.25, 0.3) is 0 Å². The van der Waals surface area contributed by atoms with Crippen molar-refractivity contribution >= 4 is 11.5 Å². The van der Waals surface area contributed by atoms with E-state index in [1.807, 2.05) is 19.2 Å². The Labute approximate surface area is 104 Å². The molecular formula is C14H23N3. The van der Waals surface area contributed by atoms with Crippen molar-refractivity contribution in [1.82, 2.24) is 4.98 Å². The third kappa shape index (κ3) is 2.54. The number of rotatable bonds is 2. The second-order valence-electron chi connectivity index (χ2n) is 5.40. The number of hydrogen-bond donors (Lipinski definition) is 1. The molecule has 2 unspecified atom stereocenters. The fraction of sp³-hybridized carbons (Fsp3) is 0.643. The zero-order valence-corrected chi connectivity index (χ0v) is 11.1. The van der Waals surface area contributed by atoms with Crippen molar-refractivity contribution in [3.8, 4) is 0 Å². The minimum absolute atomic E-state index is 0.593. The van der Waals surface area contributed by atoms with E-state index in [2.05, 4.69) is 23.9 Å². The number of nitrogens with zero attached hydrogens (tertiary/aromatic N) is 2. The normalized spacial score (nSPS) is 24.6. The molecule has 1 aliphatic carbocycles. The van der Waals surface area contributed by atoms with Crippen LogP contribution >= 0.6 is 0 Å². The summed E-state index contributed by atoms with van der Waals surface area (Å²) in [4.78, 5) is 6.72. The molecule has 3 heteroatoms. The first-order valence-corrected chi connectivity index (χ1v) is 6.53. The number of pyridine rings is 1. The van der Waals surface area contributed by atoms with Crippen molar-refractivity contribution in [2.24, 2.45) is 5.92 Å². The van der Waals surface area contributed by atoms with E-state index in [0.29, 0.717) is 6.04 Å². The lowest BCUT2D eigenvalue weighted by atomic mass is 9.86. The topological polar surface area (TPSA) is 42.2 Å². The van der Waals surface area contributed by atoms with Gasteiger partial charge >= 0.3 is 0 Å². The van der Waals surface area contributed by atoms with Gasteiger partial charge in [0.2, 0.25) is 0 Å². The number of anilines is 2. The van der Waals surface area contributed by atoms with Gasteiger partial charge in [0, 0.05) is 19.3 Å². The Kier molecular flexibility index (Phi) is 3.55. The van der Waals surface area contributed by atoms with Crippen LogP contribution in [-0.4, -0.2) is 18.1 Å². The molecule has 0 saturated heterocycles. The first kappa shape index (κ1) is 12.2. The zero-order chi connectivity index (χ0) is 12.4. The van der Waals surface area contributed by atoms with Crippen LogP contribution in [0.1, 0.15) is 38.2 Å². The molecule has 1 saturated carbocycles. The van der Waals surface area contributed by atoms with Crippen molar-refractivity contribution in [3.05, 3.63) is 17.8 Å². The van der Waals surface area contributed by atoms with E-state index in [1.54, 1.807) is 0 Å². The Hall–Kier alpha value is -1.25. The lowest BCUT2D eigenvalue weighted by Crippen LogP contribution is -2.36. The van der Waals surface area contributed by atoms with Gasteiger partial charge in [0.15, 0.2) is 5.82 Å². The van der Waals surface area contributed by atoms with Crippen LogP contribution in [0.3, 0.4) is 0 Å². The first-order chi connectivity index (χ1) is 8.09. The van der Waals surface area contributed by atoms with Gasteiger partial charge < -0.3 is 10.6 Å². The SMILES string of the molecule is Cc1ccnc(N(C)C2CCCC(C)C2)c1N. The Balaban J connectivity index is 2.18. The summed E-state index contributed by atoms with van der Waals surface area (Å²) in [5.74, 6) is 1.77. The van der Waals surface area contributed by atoms with E-state index in [4.69, 9.17) is 5.73 Å². The van der Waals surface area contributed by atoms with Crippen molar-refractivity contribution in [2.75, 3.05) is 17.7 Å². The Morgan fingerprint density at radius 3 is 2.88 bits per heavy atom. The molecule has 0 aliphatic heterocycles. The van der Waals surface area contributed by atoms with E-state index in [1.165, 1.54) is 25.7 Å². The van der Waals surface area contributed by atoms with Crippen LogP contribution < -0.4 is 10.6 Å². The summed E-state index contributed by atoms with van der Waals surface area (Å²) in [6.45, 7) is 4.38. The second-order valence-corrected chi connectivity index (χ2v) is 5.40. The van der Waals surface area contributed by atoms with Crippen LogP contribution in [0.4, 0.5) is 11.5 Å². The van der Waals surface area contributed by atoms with Gasteiger partial charge in [0.25, 0.3) is 0 Å². The Bertz CT molecular complexity index is 389. The van der Waals surface area contributed by atoms with E-state index in [9.17, 15) is 0 Å². The average molecular weight is 233 g/mol. The fourth-order valence-electron chi connectivity index (χ4n) is 2.76. The summed E-state index contributed by atoms with van der Waals surface area (Å²) in [5, 5.41) is 0. The van der Waals surface area contributed by atoms with Crippen LogP contribution in [0.15, 0.2) is 12.3 Å². The van der Waals surface area contributed by atoms with Crippen molar-refractivity contribution in [3.63, 3.8) is 0 Å². The molecule has 1 aromatic heterocycles. The summed E-state index contributed by atoms with van der Waals surface area (Å²) in [6, 6.07) is 2.56. The standard InChI is InChI=1S/C14H23N3/c1-10-5-4-6-12(9-10)17(3)14-13(15)11(2)7-8-16-14/h7-8,10,12H,4-6,9,15H2,1-3H3. The highest BCUT2D eigenvalue weighted by molar-refractivity contribution is 5.66. The average Bonchev–Trinajstić information content (AvgIpc) is 2.32. The highest BCUT2D eigenvalue weighted by atomic mass is 15.2. The highest BCUT2D eigenvalue weighted by Gasteiger charge is 2.24. The molecular weight excluding hydrogens is 210 g/mol. The molecule has 94 valence electrons. The lowest BCUT2D eigenvalue weighted by molar-refractivity contribution is 0.336. The fourth-order valence-corrected chi connectivity index (χ4v) is 2.76. The summed E-state index contributed by atoms with van der Waals surface area (Å²) in [5.41, 5.74) is 8.06. The molecule has 1 aromatic rings. The quantitative estimate of drug-likeness (QED) is 0.854. The molecule has 2 rings (SSSR count). The summed E-state index contributed by atoms with van der Waals surface area (Å²) >= 11 is 0. The zero-order valence-electron chi connectivity index (χ0n) is 11.1. The maximum atomic E-state index is 6.12. The molecule has 0 amide bonds. The van der Waals surface area contributed by atoms with Crippen LogP contribution in [0, 0.1) is 12.8 Å². The second kappa shape index (κ2) is 4.94. The van der Waals surface area contributed by atoms with Gasteiger partial charge in [-0.25, -0.2) is 4.98 Å². The summed E-state index contributed by atoms with van der Waals surface area (Å²) in [7, 11) is 2.13. The minimum Gasteiger partial charge on any atom is -0.396 e. The van der Waals surface area contributed by atoms with E-state index in [0.717, 1.165) is 23.0 Å². The number of aryl methyl sites for hydroxylation is 1. The van der Waals surface area contributed by atoms with Gasteiger partial charge in [0.1, 0.15) is 0 Å². The van der Waals surface area contributed by atoms with Crippen molar-refractivity contribution in [2.45, 2.75) is 45.6 Å². The maximum Gasteiger partial charge on any atom is 0.152 e. The lowest BCUT2D eigenvalue weighted by Gasteiger charge is -2.35. The van der Waals surface area contributed by atoms with Crippen molar-refractivity contribution < 1.29 is 0 Å². The summed E-state index contributed by atoms with van der Waals surface area (Å²) in [6.07, 6.45) is 7.05. The van der Waals surface area contributed by atoms with Crippen molar-refractivity contribution in [1.29, 1.82) is 0 Å². The molecule has 0 aromatic carbocycles. The maximum absolute atomic E-state index is 6.12. The predicted octanol–water partition coefficient (Wildman–Crippen LogP) is 2.99. The van der Waals surface area contributed by atoms with Crippen LogP contribution in [0.2, 0.25) is 0 Å². The Morgan fingerprint density at radius 2 is 2.18 bits per heavy atom. The minimum atomic E-state index is 0.593. The molecule has 1 heterocycles. The monoisotopic (exact) mass is 233 g/mol. The third-order valence-electron chi connectivity index (χ3n) is 3.98. The van der Waals surface area contributed by atoms with Crippen LogP contribution in [0.5, 0.6) is 0 Å². The molecule has 17 heavy (non-hydrogen) atoms. The van der Waals surface area contributed by atoms with Gasteiger partial charge in [-0.05, 0) is 37.3 Å². The molecule has 1 aliphatic rings. The molecule has 0 radical (unpaired) electrons. The molecule has 3 nitrogen and oxygen atoms in total. The number of aromatic nitrogens is 1. The van der Waals surface area contributed by atoms with Gasteiger partial charge in [-0.1, -0.05) is 19.8 Å². The number of hydrogen-bond acceptors (Lipinski definition) is 3. The van der Waals surface area contributed by atoms with Gasteiger partial charge in [-0.3, -0.25) is 0 Å². The van der Waals surface area contributed by atoms with E-state index < -0.39 is 0 Å². The third-order valence-corrected chi connectivity index (χ3v) is 3.98. The largest absolute Gasteiger partial charge is 0.396 e. The first-order valence-electron chi connectivity index (χ1n) is 6.53. The molecule has 0 spiro atoms. The highest BCUT2D eigenvalue weighted by Crippen LogP contribution is 2.31. The molecule has 2 N–H and O–H groups in total. The molecule has 0 bridgehead atoms. The van der Waals surface area contributed by atoms with E-state index in [-0.39, 0.29) is 0 Å². The van der Waals surface area contributed by atoms with E-state index >= 15 is 0 Å². The van der Waals surface area contributed by atoms with Gasteiger partial charge in [0.05, 0.1) is 5.69 Å². The number of nitrogen functional groups attached to an aromatic ring is 1. The smallest absolute Gasteiger partial charge is 0.152 e. The van der Waals surface area contributed by atoms with Crippen LogP contribution in [-0.2, 0) is 0 Å². The Morgan fingerprint density at radius 1 is 1.41 bits per heavy atom. The van der Waals surface area contributed by atoms with Gasteiger partial charge in [-0.15, -0.1) is 0 Å². The summed E-state index contributed by atoms with van der Waals surface area (Å²) < 4.78 is 0. The number of nitrogens with two attached hydrogens (primary N) is 1. The van der Waals surface area contributed by atoms with Gasteiger partial charge in [-0.2, -0.15) is 0 Å². The molecule has 1 fully saturated rings. The predicted molar refractivity (Wildman–Crippen MR) is 73.2 cm³/mol. The molecule has 2 atom stereocenters.